The van der Waals surface area contributed by atoms with Crippen LogP contribution in [0.25, 0.3) is 20.2 Å². The smallest absolute Gasteiger partial charge is 0.252 e. The number of fused-ring (bicyclic) bond motifs is 10. The van der Waals surface area contributed by atoms with Crippen LogP contribution in [0.5, 0.6) is 0 Å². The molecule has 2 aliphatic heterocycles. The first-order valence-electron chi connectivity index (χ1n) is 26.4. The first kappa shape index (κ1) is 45.4. The quantitative estimate of drug-likeness (QED) is 0.159. The minimum Gasteiger partial charge on any atom is -0.311 e. The molecule has 0 amide bonds. The van der Waals surface area contributed by atoms with Crippen LogP contribution in [0, 0.1) is 6.92 Å². The summed E-state index contributed by atoms with van der Waals surface area (Å²) in [6.45, 7) is 39.5. The van der Waals surface area contributed by atoms with Gasteiger partial charge in [0.15, 0.2) is 0 Å². The fraction of sp³-hybridized carbons (Fsp3) is 0.446. The van der Waals surface area contributed by atoms with Gasteiger partial charge in [-0.25, -0.2) is 0 Å². The molecule has 0 saturated carbocycles. The molecule has 0 atom stereocenters. The highest BCUT2D eigenvalue weighted by atomic mass is 32.1. The molecular weight excluding hydrogens is 852 g/mol. The number of anilines is 6. The minimum atomic E-state index is -0.00984. The molecule has 2 nitrogen and oxygen atoms in total. The standard InChI is InChI=1S/C65H75BN2S/c1-38-31-53-57-54(32-38)68(50-24-23-42(59(2,3)4)58-56(50)40-19-17-18-20-55(40)69-58)52-37-47-45(63(11,12)28-30-65(47,15)16)35-49(52)66(57)48-34-44-46(64(13,14)29-27-62(44,9)10)36-51(48)67(53)39-21-22-41-43(33-39)61(7,8)26-25-60(41,5)6/h17-24,31-37H,25-30H2,1-16H3. The minimum absolute atomic E-state index is 0.00984. The monoisotopic (exact) mass is 927 g/mol. The molecule has 6 aromatic carbocycles. The van der Waals surface area contributed by atoms with Crippen LogP contribution in [0.15, 0.2) is 91.0 Å². The Kier molecular flexibility index (Phi) is 9.34. The molecule has 0 N–H and O–H groups in total. The normalized spacial score (nSPS) is 20.7. The van der Waals surface area contributed by atoms with Crippen LogP contribution in [0.2, 0.25) is 0 Å². The molecule has 1 aromatic heterocycles. The van der Waals surface area contributed by atoms with E-state index in [1.807, 2.05) is 11.3 Å². The first-order valence-corrected chi connectivity index (χ1v) is 27.2. The third kappa shape index (κ3) is 6.48. The predicted octanol–water partition coefficient (Wildman–Crippen LogP) is 16.8. The maximum atomic E-state index is 2.76. The number of thiophene rings is 1. The molecule has 3 aliphatic carbocycles. The molecule has 0 unspecified atom stereocenters. The molecule has 7 aromatic rings. The topological polar surface area (TPSA) is 6.48 Å². The lowest BCUT2D eigenvalue weighted by Crippen LogP contribution is -2.62. The Bertz CT molecular complexity index is 3360. The van der Waals surface area contributed by atoms with Gasteiger partial charge in [0, 0.05) is 48.6 Å². The first-order chi connectivity index (χ1) is 32.2. The van der Waals surface area contributed by atoms with Crippen molar-refractivity contribution < 1.29 is 0 Å². The number of hydrogen-bond acceptors (Lipinski definition) is 3. The third-order valence-electron chi connectivity index (χ3n) is 18.8. The van der Waals surface area contributed by atoms with Gasteiger partial charge in [-0.2, -0.15) is 0 Å². The van der Waals surface area contributed by atoms with E-state index in [0.29, 0.717) is 0 Å². The van der Waals surface area contributed by atoms with Crippen LogP contribution >= 0.6 is 11.3 Å². The van der Waals surface area contributed by atoms with Gasteiger partial charge in [0.2, 0.25) is 0 Å². The second-order valence-corrected chi connectivity index (χ2v) is 28.5. The summed E-state index contributed by atoms with van der Waals surface area (Å²) < 4.78 is 2.77. The van der Waals surface area contributed by atoms with Crippen molar-refractivity contribution in [3.8, 4) is 0 Å². The van der Waals surface area contributed by atoms with Crippen molar-refractivity contribution in [1.29, 1.82) is 0 Å². The maximum absolute atomic E-state index is 2.76. The molecule has 5 aliphatic rings. The summed E-state index contributed by atoms with van der Waals surface area (Å²) in [5.74, 6) is 0. The average Bonchev–Trinajstić information content (AvgIpc) is 3.67. The number of benzene rings is 6. The zero-order valence-electron chi connectivity index (χ0n) is 44.8. The second-order valence-electron chi connectivity index (χ2n) is 27.5. The molecule has 0 spiro atoms. The molecule has 69 heavy (non-hydrogen) atoms. The SMILES string of the molecule is Cc1cc2c3c(c1)N(c1ccc(C(C)(C)C)c4sc5ccccc5c14)c1cc4c(cc1B3c1cc3c(cc1N2c1ccc2c(c1)C(C)(C)CCC2(C)C)C(C)(C)CCC3(C)C)C(C)(C)CCC4(C)C. The van der Waals surface area contributed by atoms with Gasteiger partial charge in [0.1, 0.15) is 0 Å². The highest BCUT2D eigenvalue weighted by Crippen LogP contribution is 2.56. The molecule has 12 rings (SSSR count). The Morgan fingerprint density at radius 1 is 0.464 bits per heavy atom. The van der Waals surface area contributed by atoms with Crippen LogP contribution < -0.4 is 26.2 Å². The van der Waals surface area contributed by atoms with Crippen LogP contribution in [0.3, 0.4) is 0 Å². The van der Waals surface area contributed by atoms with Gasteiger partial charge >= 0.3 is 0 Å². The van der Waals surface area contributed by atoms with E-state index in [4.69, 9.17) is 0 Å². The van der Waals surface area contributed by atoms with Crippen molar-refractivity contribution in [3.63, 3.8) is 0 Å². The second kappa shape index (κ2) is 14.2. The van der Waals surface area contributed by atoms with Crippen molar-refractivity contribution >= 4 is 88.7 Å². The van der Waals surface area contributed by atoms with Crippen molar-refractivity contribution in [1.82, 2.24) is 0 Å². The number of nitrogens with zero attached hydrogens (tertiary/aromatic N) is 2. The van der Waals surface area contributed by atoms with Crippen molar-refractivity contribution in [2.45, 2.75) is 187 Å². The molecule has 0 bridgehead atoms. The Labute approximate surface area is 419 Å². The van der Waals surface area contributed by atoms with E-state index >= 15 is 0 Å². The van der Waals surface area contributed by atoms with E-state index in [1.165, 1.54) is 154 Å². The van der Waals surface area contributed by atoms with Gasteiger partial charge in [-0.15, -0.1) is 11.3 Å². The Morgan fingerprint density at radius 3 is 1.46 bits per heavy atom. The fourth-order valence-corrected chi connectivity index (χ4v) is 15.5. The van der Waals surface area contributed by atoms with E-state index in [-0.39, 0.29) is 44.6 Å². The van der Waals surface area contributed by atoms with E-state index in [9.17, 15) is 0 Å². The molecule has 3 heterocycles. The Balaban J connectivity index is 1.24. The van der Waals surface area contributed by atoms with Crippen LogP contribution in [0.4, 0.5) is 34.1 Å². The van der Waals surface area contributed by atoms with Gasteiger partial charge in [-0.05, 0) is 193 Å². The highest BCUT2D eigenvalue weighted by molar-refractivity contribution is 7.26. The van der Waals surface area contributed by atoms with Crippen LogP contribution in [0.1, 0.15) is 187 Å². The summed E-state index contributed by atoms with van der Waals surface area (Å²) >= 11 is 1.98. The summed E-state index contributed by atoms with van der Waals surface area (Å²) in [7, 11) is 0. The third-order valence-corrected chi connectivity index (χ3v) is 20.0. The lowest BCUT2D eigenvalue weighted by Gasteiger charge is -2.49. The summed E-state index contributed by atoms with van der Waals surface area (Å²) in [6.07, 6.45) is 7.13. The zero-order valence-corrected chi connectivity index (χ0v) is 45.6. The van der Waals surface area contributed by atoms with E-state index in [0.717, 1.165) is 0 Å². The van der Waals surface area contributed by atoms with Gasteiger partial charge in [-0.1, -0.05) is 146 Å². The Morgan fingerprint density at radius 2 is 0.928 bits per heavy atom. The van der Waals surface area contributed by atoms with Crippen molar-refractivity contribution in [2.75, 3.05) is 9.80 Å². The van der Waals surface area contributed by atoms with Gasteiger partial charge < -0.3 is 9.80 Å². The van der Waals surface area contributed by atoms with Crippen LogP contribution in [-0.4, -0.2) is 6.71 Å². The maximum Gasteiger partial charge on any atom is 0.252 e. The highest BCUT2D eigenvalue weighted by Gasteiger charge is 2.49. The molecule has 0 radical (unpaired) electrons. The van der Waals surface area contributed by atoms with Gasteiger partial charge in [-0.3, -0.25) is 0 Å². The summed E-state index contributed by atoms with van der Waals surface area (Å²) in [6, 6.07) is 37.7. The molecule has 354 valence electrons. The largest absolute Gasteiger partial charge is 0.311 e. The van der Waals surface area contributed by atoms with Crippen molar-refractivity contribution in [3.05, 3.63) is 136 Å². The van der Waals surface area contributed by atoms with E-state index in [2.05, 4.69) is 212 Å². The average molecular weight is 927 g/mol. The summed E-state index contributed by atoms with van der Waals surface area (Å²) in [5.41, 5.74) is 24.6. The fourth-order valence-electron chi connectivity index (χ4n) is 14.1. The zero-order chi connectivity index (χ0) is 48.9. The lowest BCUT2D eigenvalue weighted by atomic mass is 9.32. The molecule has 0 fully saturated rings. The van der Waals surface area contributed by atoms with E-state index in [1.54, 1.807) is 0 Å². The van der Waals surface area contributed by atoms with Gasteiger partial charge in [0.25, 0.3) is 6.71 Å². The lowest BCUT2D eigenvalue weighted by molar-refractivity contribution is 0.332. The van der Waals surface area contributed by atoms with Crippen LogP contribution in [-0.2, 0) is 37.9 Å². The summed E-state index contributed by atoms with van der Waals surface area (Å²) in [4.78, 5) is 5.50. The number of hydrogen-bond donors (Lipinski definition) is 0. The molecule has 4 heteroatoms. The molecule has 0 saturated heterocycles. The number of rotatable bonds is 2. The van der Waals surface area contributed by atoms with E-state index < -0.39 is 0 Å². The Hall–Kier alpha value is -4.80. The van der Waals surface area contributed by atoms with Crippen molar-refractivity contribution in [2.24, 2.45) is 0 Å². The summed E-state index contributed by atoms with van der Waals surface area (Å²) in [5, 5.41) is 2.73. The predicted molar refractivity (Wildman–Crippen MR) is 303 cm³/mol. The molecular formula is C65H75BN2S. The van der Waals surface area contributed by atoms with Gasteiger partial charge in [0.05, 0.1) is 5.69 Å². The number of aryl methyl sites for hydroxylation is 1.